The Bertz CT molecular complexity index is 900. The van der Waals surface area contributed by atoms with Gasteiger partial charge in [0.15, 0.2) is 0 Å². The highest BCUT2D eigenvalue weighted by atomic mass is 16.2. The average Bonchev–Trinajstić information content (AvgIpc) is 2.64. The van der Waals surface area contributed by atoms with E-state index in [1.165, 1.54) is 5.56 Å². The molecule has 0 bridgehead atoms. The van der Waals surface area contributed by atoms with Gasteiger partial charge in [0.25, 0.3) is 0 Å². The fourth-order valence-corrected chi connectivity index (χ4v) is 2.74. The van der Waals surface area contributed by atoms with E-state index in [0.29, 0.717) is 5.82 Å². The van der Waals surface area contributed by atoms with Crippen LogP contribution in [-0.4, -0.2) is 11.0 Å². The molecule has 27 heavy (non-hydrogen) atoms. The lowest BCUT2D eigenvalue weighted by Gasteiger charge is -2.23. The number of carbonyl (C=O) groups is 1. The third-order valence-corrected chi connectivity index (χ3v) is 4.05. The van der Waals surface area contributed by atoms with Crippen LogP contribution in [0.3, 0.4) is 0 Å². The molecule has 0 saturated heterocycles. The van der Waals surface area contributed by atoms with Gasteiger partial charge in [0.2, 0.25) is 0 Å². The van der Waals surface area contributed by atoms with E-state index in [1.54, 1.807) is 12.3 Å². The number of aromatic nitrogens is 1. The molecule has 0 radical (unpaired) electrons. The first-order valence-electron chi connectivity index (χ1n) is 8.87. The standard InChI is InChI=1S/C22H24N4O/c1-22(2,3)18-11-7-8-12-19(18)24-17-13-14-20(23-15-17)26-21(27)25-16-9-5-4-6-10-16/h4-15,24H,1-3H3,(H2,23,25,26,27). The van der Waals surface area contributed by atoms with Gasteiger partial charge in [-0.15, -0.1) is 0 Å². The number of rotatable bonds is 4. The number of amides is 2. The molecule has 2 aromatic carbocycles. The molecule has 0 atom stereocenters. The first-order chi connectivity index (χ1) is 12.9. The van der Waals surface area contributed by atoms with Gasteiger partial charge in [-0.1, -0.05) is 57.2 Å². The van der Waals surface area contributed by atoms with Crippen LogP contribution in [0.25, 0.3) is 0 Å². The number of anilines is 4. The molecule has 3 aromatic rings. The predicted molar refractivity (Wildman–Crippen MR) is 112 cm³/mol. The molecule has 0 aliphatic heterocycles. The lowest BCUT2D eigenvalue weighted by molar-refractivity contribution is 0.262. The molecule has 0 aliphatic carbocycles. The van der Waals surface area contributed by atoms with E-state index >= 15 is 0 Å². The number of hydrogen-bond acceptors (Lipinski definition) is 3. The molecule has 3 rings (SSSR count). The van der Waals surface area contributed by atoms with E-state index in [4.69, 9.17) is 0 Å². The van der Waals surface area contributed by atoms with Crippen molar-refractivity contribution in [2.75, 3.05) is 16.0 Å². The van der Waals surface area contributed by atoms with E-state index in [2.05, 4.69) is 53.8 Å². The molecule has 5 heteroatoms. The Balaban J connectivity index is 1.65. The van der Waals surface area contributed by atoms with Crippen molar-refractivity contribution < 1.29 is 4.79 Å². The summed E-state index contributed by atoms with van der Waals surface area (Å²) in [5.41, 5.74) is 3.91. The molecule has 138 valence electrons. The summed E-state index contributed by atoms with van der Waals surface area (Å²) in [4.78, 5) is 16.3. The first kappa shape index (κ1) is 18.5. The second-order valence-corrected chi connectivity index (χ2v) is 7.30. The van der Waals surface area contributed by atoms with Gasteiger partial charge in [0, 0.05) is 11.4 Å². The third kappa shape index (κ3) is 5.07. The first-order valence-corrected chi connectivity index (χ1v) is 8.87. The summed E-state index contributed by atoms with van der Waals surface area (Å²) < 4.78 is 0. The van der Waals surface area contributed by atoms with E-state index in [0.717, 1.165) is 17.1 Å². The molecule has 0 spiro atoms. The second kappa shape index (κ2) is 7.91. The zero-order valence-corrected chi connectivity index (χ0v) is 15.8. The molecule has 0 fully saturated rings. The monoisotopic (exact) mass is 360 g/mol. The van der Waals surface area contributed by atoms with Crippen LogP contribution in [0.5, 0.6) is 0 Å². The number of benzene rings is 2. The maximum absolute atomic E-state index is 12.0. The van der Waals surface area contributed by atoms with Crippen molar-refractivity contribution in [2.45, 2.75) is 26.2 Å². The quantitative estimate of drug-likeness (QED) is 0.553. The van der Waals surface area contributed by atoms with Crippen LogP contribution in [0.1, 0.15) is 26.3 Å². The Morgan fingerprint density at radius 1 is 0.815 bits per heavy atom. The molecule has 0 aliphatic rings. The summed E-state index contributed by atoms with van der Waals surface area (Å²) in [6.07, 6.45) is 1.71. The third-order valence-electron chi connectivity index (χ3n) is 4.05. The van der Waals surface area contributed by atoms with Crippen LogP contribution in [-0.2, 0) is 5.41 Å². The maximum Gasteiger partial charge on any atom is 0.324 e. The minimum atomic E-state index is -0.326. The van der Waals surface area contributed by atoms with Crippen LogP contribution in [0, 0.1) is 0 Å². The summed E-state index contributed by atoms with van der Waals surface area (Å²) in [6.45, 7) is 6.55. The zero-order chi connectivity index (χ0) is 19.3. The lowest BCUT2D eigenvalue weighted by atomic mass is 9.86. The van der Waals surface area contributed by atoms with E-state index in [1.807, 2.05) is 48.5 Å². The number of nitrogens with one attached hydrogen (secondary N) is 3. The van der Waals surface area contributed by atoms with E-state index < -0.39 is 0 Å². The van der Waals surface area contributed by atoms with E-state index in [9.17, 15) is 4.79 Å². The Morgan fingerprint density at radius 2 is 1.52 bits per heavy atom. The number of urea groups is 1. The van der Waals surface area contributed by atoms with Crippen LogP contribution in [0.4, 0.5) is 27.7 Å². The summed E-state index contributed by atoms with van der Waals surface area (Å²) in [7, 11) is 0. The normalized spacial score (nSPS) is 10.9. The Kier molecular flexibility index (Phi) is 5.41. The summed E-state index contributed by atoms with van der Waals surface area (Å²) in [5, 5.41) is 8.90. The molecular formula is C22H24N4O. The summed E-state index contributed by atoms with van der Waals surface area (Å²) in [5.74, 6) is 0.484. The zero-order valence-electron chi connectivity index (χ0n) is 15.8. The average molecular weight is 360 g/mol. The van der Waals surface area contributed by atoms with Gasteiger partial charge in [-0.3, -0.25) is 5.32 Å². The number of nitrogens with zero attached hydrogens (tertiary/aromatic N) is 1. The summed E-state index contributed by atoms with van der Waals surface area (Å²) in [6, 6.07) is 20.8. The molecular weight excluding hydrogens is 336 g/mol. The molecule has 0 unspecified atom stereocenters. The second-order valence-electron chi connectivity index (χ2n) is 7.30. The number of carbonyl (C=O) groups excluding carboxylic acids is 1. The van der Waals surface area contributed by atoms with Crippen molar-refractivity contribution in [1.82, 2.24) is 4.98 Å². The molecule has 0 saturated carbocycles. The SMILES string of the molecule is CC(C)(C)c1ccccc1Nc1ccc(NC(=O)Nc2ccccc2)nc1. The predicted octanol–water partition coefficient (Wildman–Crippen LogP) is 5.77. The van der Waals surface area contributed by atoms with Crippen molar-refractivity contribution in [3.05, 3.63) is 78.5 Å². The van der Waals surface area contributed by atoms with Crippen molar-refractivity contribution >= 4 is 28.9 Å². The fourth-order valence-electron chi connectivity index (χ4n) is 2.74. The van der Waals surface area contributed by atoms with E-state index in [-0.39, 0.29) is 11.4 Å². The largest absolute Gasteiger partial charge is 0.354 e. The lowest BCUT2D eigenvalue weighted by Crippen LogP contribution is -2.20. The Labute approximate surface area is 159 Å². The minimum Gasteiger partial charge on any atom is -0.354 e. The van der Waals surface area contributed by atoms with Gasteiger partial charge in [-0.25, -0.2) is 9.78 Å². The van der Waals surface area contributed by atoms with Crippen LogP contribution in [0.15, 0.2) is 72.9 Å². The molecule has 1 aromatic heterocycles. The van der Waals surface area contributed by atoms with Gasteiger partial charge in [-0.05, 0) is 41.3 Å². The topological polar surface area (TPSA) is 66.0 Å². The van der Waals surface area contributed by atoms with Crippen LogP contribution >= 0.6 is 0 Å². The Hall–Kier alpha value is -3.34. The molecule has 1 heterocycles. The highest BCUT2D eigenvalue weighted by Crippen LogP contribution is 2.31. The van der Waals surface area contributed by atoms with Crippen LogP contribution in [0.2, 0.25) is 0 Å². The van der Waals surface area contributed by atoms with Gasteiger partial charge < -0.3 is 10.6 Å². The van der Waals surface area contributed by atoms with Gasteiger partial charge in [0.1, 0.15) is 5.82 Å². The molecule has 2 amide bonds. The summed E-state index contributed by atoms with van der Waals surface area (Å²) >= 11 is 0. The van der Waals surface area contributed by atoms with Crippen molar-refractivity contribution in [3.8, 4) is 0 Å². The van der Waals surface area contributed by atoms with Crippen molar-refractivity contribution in [1.29, 1.82) is 0 Å². The van der Waals surface area contributed by atoms with Gasteiger partial charge in [-0.2, -0.15) is 0 Å². The number of hydrogen-bond donors (Lipinski definition) is 3. The number of pyridine rings is 1. The Morgan fingerprint density at radius 3 is 2.19 bits per heavy atom. The van der Waals surface area contributed by atoms with Gasteiger partial charge >= 0.3 is 6.03 Å². The minimum absolute atomic E-state index is 0.0358. The highest BCUT2D eigenvalue weighted by molar-refractivity contribution is 5.99. The smallest absolute Gasteiger partial charge is 0.324 e. The molecule has 5 nitrogen and oxygen atoms in total. The van der Waals surface area contributed by atoms with Crippen LogP contribution < -0.4 is 16.0 Å². The maximum atomic E-state index is 12.0. The van der Waals surface area contributed by atoms with Crippen molar-refractivity contribution in [3.63, 3.8) is 0 Å². The highest BCUT2D eigenvalue weighted by Gasteiger charge is 2.17. The molecule has 3 N–H and O–H groups in total. The van der Waals surface area contributed by atoms with Crippen molar-refractivity contribution in [2.24, 2.45) is 0 Å². The van der Waals surface area contributed by atoms with Gasteiger partial charge in [0.05, 0.1) is 11.9 Å². The fraction of sp³-hybridized carbons (Fsp3) is 0.182. The number of para-hydroxylation sites is 2.